The Morgan fingerprint density at radius 1 is 1.60 bits per heavy atom. The van der Waals surface area contributed by atoms with E-state index in [2.05, 4.69) is 21.3 Å². The van der Waals surface area contributed by atoms with Crippen LogP contribution in [-0.4, -0.2) is 27.5 Å². The highest BCUT2D eigenvalue weighted by atomic mass is 32.1. The number of rotatable bonds is 3. The lowest BCUT2D eigenvalue weighted by atomic mass is 10.3. The van der Waals surface area contributed by atoms with Crippen LogP contribution in [0.3, 0.4) is 0 Å². The molecular formula is C10H12N4S. The number of aliphatic imine (C=N–C) groups is 1. The number of hydrogen-bond donors (Lipinski definition) is 0. The van der Waals surface area contributed by atoms with E-state index in [0.717, 1.165) is 22.9 Å². The van der Waals surface area contributed by atoms with Crippen molar-refractivity contribution in [3.63, 3.8) is 0 Å². The first kappa shape index (κ1) is 10.0. The lowest BCUT2D eigenvalue weighted by Crippen LogP contribution is -1.96. The maximum atomic E-state index is 4.24. The molecule has 0 unspecified atom stereocenters. The summed E-state index contributed by atoms with van der Waals surface area (Å²) in [7, 11) is 0. The fourth-order valence-corrected chi connectivity index (χ4v) is 2.18. The summed E-state index contributed by atoms with van der Waals surface area (Å²) in [6.07, 6.45) is 3.62. The SMILES string of the molecule is CC/N=C\c1ccsc1-n1cnnc1C. The zero-order valence-corrected chi connectivity index (χ0v) is 9.53. The lowest BCUT2D eigenvalue weighted by Gasteiger charge is -2.00. The summed E-state index contributed by atoms with van der Waals surface area (Å²) in [6, 6.07) is 2.05. The minimum absolute atomic E-state index is 0.802. The van der Waals surface area contributed by atoms with Crippen molar-refractivity contribution in [1.82, 2.24) is 14.8 Å². The average Bonchev–Trinajstić information content (AvgIpc) is 2.82. The first-order valence-electron chi connectivity index (χ1n) is 4.77. The minimum Gasteiger partial charge on any atom is -0.293 e. The number of aryl methyl sites for hydroxylation is 1. The van der Waals surface area contributed by atoms with Crippen LogP contribution in [0.4, 0.5) is 0 Å². The molecule has 0 fully saturated rings. The number of hydrogen-bond acceptors (Lipinski definition) is 4. The molecule has 0 atom stereocenters. The third-order valence-electron chi connectivity index (χ3n) is 2.02. The van der Waals surface area contributed by atoms with Crippen LogP contribution in [0, 0.1) is 6.92 Å². The van der Waals surface area contributed by atoms with Gasteiger partial charge < -0.3 is 0 Å². The summed E-state index contributed by atoms with van der Waals surface area (Å²) in [5, 5.41) is 11.0. The van der Waals surface area contributed by atoms with E-state index in [0.29, 0.717) is 0 Å². The Hall–Kier alpha value is -1.49. The molecular weight excluding hydrogens is 208 g/mol. The number of nitrogens with zero attached hydrogens (tertiary/aromatic N) is 4. The summed E-state index contributed by atoms with van der Waals surface area (Å²) in [5.41, 5.74) is 1.12. The topological polar surface area (TPSA) is 43.1 Å². The summed E-state index contributed by atoms with van der Waals surface area (Å²) < 4.78 is 1.97. The average molecular weight is 220 g/mol. The zero-order valence-electron chi connectivity index (χ0n) is 8.71. The molecule has 0 aliphatic heterocycles. The fourth-order valence-electron chi connectivity index (χ4n) is 1.29. The maximum absolute atomic E-state index is 4.24. The molecule has 0 aliphatic carbocycles. The van der Waals surface area contributed by atoms with Gasteiger partial charge in [-0.1, -0.05) is 0 Å². The van der Waals surface area contributed by atoms with Gasteiger partial charge in [0, 0.05) is 18.3 Å². The van der Waals surface area contributed by atoms with Crippen molar-refractivity contribution >= 4 is 17.6 Å². The molecule has 2 aromatic rings. The molecule has 4 nitrogen and oxygen atoms in total. The van der Waals surface area contributed by atoms with Crippen molar-refractivity contribution in [1.29, 1.82) is 0 Å². The first-order chi connectivity index (χ1) is 7.33. The van der Waals surface area contributed by atoms with E-state index in [1.165, 1.54) is 0 Å². The van der Waals surface area contributed by atoms with Crippen molar-refractivity contribution < 1.29 is 0 Å². The van der Waals surface area contributed by atoms with Crippen LogP contribution in [0.2, 0.25) is 0 Å². The van der Waals surface area contributed by atoms with E-state index in [4.69, 9.17) is 0 Å². The summed E-state index contributed by atoms with van der Waals surface area (Å²) >= 11 is 1.66. The summed E-state index contributed by atoms with van der Waals surface area (Å²) in [6.45, 7) is 4.76. The molecule has 0 radical (unpaired) electrons. The third-order valence-corrected chi connectivity index (χ3v) is 2.95. The van der Waals surface area contributed by atoms with Crippen molar-refractivity contribution in [3.8, 4) is 5.00 Å². The van der Waals surface area contributed by atoms with Crippen LogP contribution in [0.5, 0.6) is 0 Å². The standard InChI is InChI=1S/C10H12N4S/c1-3-11-6-9-4-5-15-10(9)14-7-12-13-8(14)2/h4-7H,3H2,1-2H3/b11-6-. The van der Waals surface area contributed by atoms with Crippen LogP contribution in [0.1, 0.15) is 18.3 Å². The van der Waals surface area contributed by atoms with Gasteiger partial charge in [0.15, 0.2) is 0 Å². The Balaban J connectivity index is 2.41. The molecule has 2 heterocycles. The Morgan fingerprint density at radius 3 is 3.13 bits per heavy atom. The van der Waals surface area contributed by atoms with Crippen molar-refractivity contribution in [2.24, 2.45) is 4.99 Å². The van der Waals surface area contributed by atoms with Gasteiger partial charge in [-0.2, -0.15) is 0 Å². The molecule has 0 N–H and O–H groups in total. The van der Waals surface area contributed by atoms with Gasteiger partial charge in [0.05, 0.1) is 0 Å². The first-order valence-corrected chi connectivity index (χ1v) is 5.65. The third kappa shape index (κ3) is 1.97. The molecule has 78 valence electrons. The largest absolute Gasteiger partial charge is 0.293 e. The fraction of sp³-hybridized carbons (Fsp3) is 0.300. The van der Waals surface area contributed by atoms with E-state index in [-0.39, 0.29) is 0 Å². The predicted octanol–water partition coefficient (Wildman–Crippen LogP) is 2.08. The highest BCUT2D eigenvalue weighted by Gasteiger charge is 2.07. The van der Waals surface area contributed by atoms with E-state index in [1.807, 2.05) is 30.0 Å². The Morgan fingerprint density at radius 2 is 2.47 bits per heavy atom. The molecule has 0 aromatic carbocycles. The van der Waals surface area contributed by atoms with E-state index in [9.17, 15) is 0 Å². The molecule has 0 saturated carbocycles. The van der Waals surface area contributed by atoms with Crippen molar-refractivity contribution in [2.45, 2.75) is 13.8 Å². The van der Waals surface area contributed by atoms with Crippen LogP contribution >= 0.6 is 11.3 Å². The second kappa shape index (κ2) is 4.35. The minimum atomic E-state index is 0.802. The molecule has 0 saturated heterocycles. The Labute approximate surface area is 92.3 Å². The molecule has 15 heavy (non-hydrogen) atoms. The zero-order chi connectivity index (χ0) is 10.7. The van der Waals surface area contributed by atoms with Gasteiger partial charge in [-0.3, -0.25) is 9.56 Å². The molecule has 5 heteroatoms. The Bertz CT molecular complexity index is 469. The van der Waals surface area contributed by atoms with Gasteiger partial charge in [0.25, 0.3) is 0 Å². The van der Waals surface area contributed by atoms with E-state index >= 15 is 0 Å². The van der Waals surface area contributed by atoms with Crippen LogP contribution < -0.4 is 0 Å². The van der Waals surface area contributed by atoms with Gasteiger partial charge in [-0.05, 0) is 25.3 Å². The molecule has 0 amide bonds. The van der Waals surface area contributed by atoms with Crippen molar-refractivity contribution in [3.05, 3.63) is 29.2 Å². The van der Waals surface area contributed by atoms with Gasteiger partial charge in [0.1, 0.15) is 17.2 Å². The van der Waals surface area contributed by atoms with Crippen LogP contribution in [0.25, 0.3) is 5.00 Å². The van der Waals surface area contributed by atoms with Crippen molar-refractivity contribution in [2.75, 3.05) is 6.54 Å². The monoisotopic (exact) mass is 220 g/mol. The summed E-state index contributed by atoms with van der Waals surface area (Å²) in [4.78, 5) is 4.24. The predicted molar refractivity (Wildman–Crippen MR) is 62.1 cm³/mol. The second-order valence-corrected chi connectivity index (χ2v) is 3.95. The quantitative estimate of drug-likeness (QED) is 0.743. The Kier molecular flexibility index (Phi) is 2.91. The van der Waals surface area contributed by atoms with E-state index < -0.39 is 0 Å². The normalized spacial score (nSPS) is 11.3. The van der Waals surface area contributed by atoms with Gasteiger partial charge >= 0.3 is 0 Å². The van der Waals surface area contributed by atoms with E-state index in [1.54, 1.807) is 17.7 Å². The molecule has 0 aliphatic rings. The second-order valence-electron chi connectivity index (χ2n) is 3.06. The van der Waals surface area contributed by atoms with Crippen LogP contribution in [0.15, 0.2) is 22.8 Å². The number of thiophene rings is 1. The molecule has 2 aromatic heterocycles. The highest BCUT2D eigenvalue weighted by molar-refractivity contribution is 7.12. The van der Waals surface area contributed by atoms with Gasteiger partial charge in [0.2, 0.25) is 0 Å². The van der Waals surface area contributed by atoms with Gasteiger partial charge in [-0.15, -0.1) is 21.5 Å². The summed E-state index contributed by atoms with van der Waals surface area (Å²) in [5.74, 6) is 0.892. The lowest BCUT2D eigenvalue weighted by molar-refractivity contribution is 0.983. The molecule has 2 rings (SSSR count). The highest BCUT2D eigenvalue weighted by Crippen LogP contribution is 2.20. The maximum Gasteiger partial charge on any atom is 0.134 e. The van der Waals surface area contributed by atoms with Crippen LogP contribution in [-0.2, 0) is 0 Å². The smallest absolute Gasteiger partial charge is 0.134 e. The van der Waals surface area contributed by atoms with Gasteiger partial charge in [-0.25, -0.2) is 0 Å². The number of aromatic nitrogens is 3. The molecule has 0 bridgehead atoms. The molecule has 0 spiro atoms.